The van der Waals surface area contributed by atoms with Gasteiger partial charge in [-0.25, -0.2) is 15.0 Å². The van der Waals surface area contributed by atoms with Gasteiger partial charge in [-0.1, -0.05) is 13.3 Å². The number of fused-ring (bicyclic) bond motifs is 1. The average molecular weight is 367 g/mol. The molecule has 4 heterocycles. The number of hydrogen-bond donors (Lipinski definition) is 2. The molecule has 0 radical (unpaired) electrons. The molecule has 0 saturated carbocycles. The molecule has 0 aliphatic carbocycles. The van der Waals surface area contributed by atoms with E-state index in [-0.39, 0.29) is 0 Å². The average Bonchev–Trinajstić information content (AvgIpc) is 2.99. The van der Waals surface area contributed by atoms with Crippen LogP contribution in [-0.2, 0) is 13.5 Å². The van der Waals surface area contributed by atoms with Crippen molar-refractivity contribution in [3.05, 3.63) is 24.3 Å². The zero-order valence-electron chi connectivity index (χ0n) is 16.0. The number of nitrogens with one attached hydrogen (secondary N) is 2. The van der Waals surface area contributed by atoms with Crippen molar-refractivity contribution in [3.8, 4) is 0 Å². The number of aryl methyl sites for hydroxylation is 2. The van der Waals surface area contributed by atoms with E-state index in [1.54, 1.807) is 6.20 Å². The Balaban J connectivity index is 1.82. The van der Waals surface area contributed by atoms with Crippen LogP contribution in [0.3, 0.4) is 0 Å². The molecular weight excluding hydrogens is 342 g/mol. The first-order valence-corrected chi connectivity index (χ1v) is 9.40. The maximum Gasteiger partial charge on any atom is 0.228 e. The molecule has 0 aromatic carbocycles. The minimum Gasteiger partial charge on any atom is -0.338 e. The van der Waals surface area contributed by atoms with Crippen LogP contribution in [0.4, 0.5) is 17.6 Å². The molecule has 4 rings (SSSR count). The van der Waals surface area contributed by atoms with Gasteiger partial charge in [0.25, 0.3) is 0 Å². The lowest BCUT2D eigenvalue weighted by atomic mass is 10.2. The molecule has 3 aromatic heterocycles. The number of rotatable bonds is 5. The highest BCUT2D eigenvalue weighted by Crippen LogP contribution is 2.28. The summed E-state index contributed by atoms with van der Waals surface area (Å²) in [6.45, 7) is 7.01. The molecule has 0 amide bonds. The molecule has 1 aliphatic rings. The van der Waals surface area contributed by atoms with Gasteiger partial charge in [0.1, 0.15) is 23.2 Å². The van der Waals surface area contributed by atoms with Gasteiger partial charge in [0, 0.05) is 38.9 Å². The molecule has 1 fully saturated rings. The van der Waals surface area contributed by atoms with Gasteiger partial charge in [-0.3, -0.25) is 4.68 Å². The first-order chi connectivity index (χ1) is 13.2. The Labute approximate surface area is 158 Å². The number of anilines is 3. The van der Waals surface area contributed by atoms with Crippen LogP contribution in [0.5, 0.6) is 0 Å². The third kappa shape index (κ3) is 3.55. The van der Waals surface area contributed by atoms with E-state index in [9.17, 15) is 0 Å². The van der Waals surface area contributed by atoms with Crippen molar-refractivity contribution < 1.29 is 0 Å². The summed E-state index contributed by atoms with van der Waals surface area (Å²) in [5.41, 5.74) is 2.81. The maximum atomic E-state index is 4.91. The second-order valence-corrected chi connectivity index (χ2v) is 6.91. The largest absolute Gasteiger partial charge is 0.338 e. The lowest BCUT2D eigenvalue weighted by Gasteiger charge is -2.32. The Hall–Kier alpha value is -2.81. The minimum atomic E-state index is 0.403. The molecule has 9 heteroatoms. The monoisotopic (exact) mass is 367 g/mol. The molecule has 3 aromatic rings. The number of nitrogens with zero attached hydrogens (tertiary/aromatic N) is 7. The molecule has 142 valence electrons. The molecule has 1 atom stereocenters. The third-order valence-electron chi connectivity index (χ3n) is 4.71. The van der Waals surface area contributed by atoms with Crippen LogP contribution < -0.4 is 15.5 Å². The fourth-order valence-corrected chi connectivity index (χ4v) is 3.46. The number of hydrogen-bond acceptors (Lipinski definition) is 8. The first-order valence-electron chi connectivity index (χ1n) is 9.40. The van der Waals surface area contributed by atoms with Crippen molar-refractivity contribution in [2.75, 3.05) is 29.9 Å². The van der Waals surface area contributed by atoms with E-state index in [0.29, 0.717) is 11.9 Å². The van der Waals surface area contributed by atoms with Crippen LogP contribution in [0.25, 0.3) is 11.0 Å². The number of piperazine rings is 1. The van der Waals surface area contributed by atoms with Gasteiger partial charge in [-0.2, -0.15) is 10.1 Å². The summed E-state index contributed by atoms with van der Waals surface area (Å²) in [6.07, 6.45) is 5.13. The van der Waals surface area contributed by atoms with Gasteiger partial charge < -0.3 is 15.5 Å². The highest BCUT2D eigenvalue weighted by molar-refractivity contribution is 5.90. The molecule has 27 heavy (non-hydrogen) atoms. The summed E-state index contributed by atoms with van der Waals surface area (Å²) in [6, 6.07) is 2.23. The molecule has 1 unspecified atom stereocenters. The predicted molar refractivity (Wildman–Crippen MR) is 105 cm³/mol. The van der Waals surface area contributed by atoms with E-state index in [4.69, 9.17) is 15.1 Å². The second kappa shape index (κ2) is 7.43. The normalized spacial score (nSPS) is 17.4. The van der Waals surface area contributed by atoms with Crippen molar-refractivity contribution in [1.29, 1.82) is 0 Å². The highest BCUT2D eigenvalue weighted by Gasteiger charge is 2.23. The summed E-state index contributed by atoms with van der Waals surface area (Å²) in [5.74, 6) is 2.15. The quantitative estimate of drug-likeness (QED) is 0.703. The Morgan fingerprint density at radius 3 is 2.96 bits per heavy atom. The van der Waals surface area contributed by atoms with Gasteiger partial charge in [-0.05, 0) is 19.4 Å². The Morgan fingerprint density at radius 2 is 2.22 bits per heavy atom. The van der Waals surface area contributed by atoms with E-state index in [0.717, 1.165) is 61.0 Å². The van der Waals surface area contributed by atoms with Crippen LogP contribution in [0.2, 0.25) is 0 Å². The fourth-order valence-electron chi connectivity index (χ4n) is 3.46. The second-order valence-electron chi connectivity index (χ2n) is 6.91. The zero-order chi connectivity index (χ0) is 18.8. The Kier molecular flexibility index (Phi) is 4.85. The highest BCUT2D eigenvalue weighted by atomic mass is 15.3. The first kappa shape index (κ1) is 17.6. The van der Waals surface area contributed by atoms with E-state index >= 15 is 0 Å². The van der Waals surface area contributed by atoms with Crippen molar-refractivity contribution in [2.45, 2.75) is 32.7 Å². The van der Waals surface area contributed by atoms with Gasteiger partial charge in [0.05, 0.1) is 5.69 Å². The molecular formula is C18H25N9. The number of aromatic nitrogens is 6. The van der Waals surface area contributed by atoms with Crippen molar-refractivity contribution in [1.82, 2.24) is 35.0 Å². The van der Waals surface area contributed by atoms with Crippen LogP contribution in [0.1, 0.15) is 26.0 Å². The molecule has 0 bridgehead atoms. The van der Waals surface area contributed by atoms with Gasteiger partial charge in [0.15, 0.2) is 5.82 Å². The summed E-state index contributed by atoms with van der Waals surface area (Å²) in [5, 5.41) is 11.5. The summed E-state index contributed by atoms with van der Waals surface area (Å²) in [4.78, 5) is 20.2. The predicted octanol–water partition coefficient (Wildman–Crippen LogP) is 1.65. The van der Waals surface area contributed by atoms with Crippen LogP contribution >= 0.6 is 0 Å². The van der Waals surface area contributed by atoms with Crippen molar-refractivity contribution in [2.24, 2.45) is 7.05 Å². The fraction of sp³-hybridized carbons (Fsp3) is 0.500. The minimum absolute atomic E-state index is 0.403. The van der Waals surface area contributed by atoms with Crippen LogP contribution in [-0.4, -0.2) is 55.4 Å². The smallest absolute Gasteiger partial charge is 0.228 e. The lowest BCUT2D eigenvalue weighted by Crippen LogP contribution is -2.49. The van der Waals surface area contributed by atoms with Gasteiger partial charge in [0.2, 0.25) is 5.95 Å². The summed E-state index contributed by atoms with van der Waals surface area (Å²) in [7, 11) is 1.93. The van der Waals surface area contributed by atoms with Gasteiger partial charge >= 0.3 is 0 Å². The Morgan fingerprint density at radius 1 is 1.33 bits per heavy atom. The zero-order valence-corrected chi connectivity index (χ0v) is 16.0. The maximum absolute atomic E-state index is 4.91. The molecule has 1 aliphatic heterocycles. The van der Waals surface area contributed by atoms with Crippen molar-refractivity contribution >= 4 is 28.6 Å². The third-order valence-corrected chi connectivity index (χ3v) is 4.71. The molecule has 9 nitrogen and oxygen atoms in total. The summed E-state index contributed by atoms with van der Waals surface area (Å²) >= 11 is 0. The standard InChI is InChI=1S/C18H25N9/c1-4-5-13-15-16(26(3)25-13)17(22-14-6-7-19-11-21-14)24-18(23-15)27-9-8-20-12(2)10-27/h6-7,11-12,20H,4-5,8-10H2,1-3H3,(H,19,21,22,23,24). The summed E-state index contributed by atoms with van der Waals surface area (Å²) < 4.78 is 1.86. The SMILES string of the molecule is CCCc1nn(C)c2c(Nc3ccncn3)nc(N3CCNC(C)C3)nc12. The van der Waals surface area contributed by atoms with E-state index in [2.05, 4.69) is 39.3 Å². The van der Waals surface area contributed by atoms with Crippen molar-refractivity contribution in [3.63, 3.8) is 0 Å². The van der Waals surface area contributed by atoms with Crippen LogP contribution in [0.15, 0.2) is 18.6 Å². The lowest BCUT2D eigenvalue weighted by molar-refractivity contribution is 0.480. The topological polar surface area (TPSA) is 96.7 Å². The van der Waals surface area contributed by atoms with Gasteiger partial charge in [-0.15, -0.1) is 0 Å². The Bertz CT molecular complexity index is 921. The van der Waals surface area contributed by atoms with Crippen LogP contribution in [0, 0.1) is 0 Å². The van der Waals surface area contributed by atoms with E-state index in [1.807, 2.05) is 17.8 Å². The molecule has 2 N–H and O–H groups in total. The molecule has 1 saturated heterocycles. The van der Waals surface area contributed by atoms with E-state index < -0.39 is 0 Å². The van der Waals surface area contributed by atoms with E-state index in [1.165, 1.54) is 6.33 Å². The molecule has 0 spiro atoms.